The van der Waals surface area contributed by atoms with Crippen molar-refractivity contribution >= 4 is 43.7 Å². The lowest BCUT2D eigenvalue weighted by atomic mass is 9.81. The van der Waals surface area contributed by atoms with Crippen LogP contribution >= 0.6 is 0 Å². The quantitative estimate of drug-likeness (QED) is 0.160. The van der Waals surface area contributed by atoms with Crippen LogP contribution in [-0.4, -0.2) is 19.5 Å². The standard InChI is InChI=1S/C66H44N4O/c1-66(2)57-28-12-9-23-51(57)52-33-31-43(39-58(52)66)47-35-46(41-17-5-3-6-18-41)36-48(37-47)50-26-16-27-56-53-24-10-13-29-59(53)70(62(50)56)49-22-15-21-44(38-49)64-67-63(42-19-7-4-8-20-42)68-65(69-64)45-32-34-55-54-25-11-14-30-60(54)71-61(55)40-45/h3-40H,1-2H3. The van der Waals surface area contributed by atoms with Crippen LogP contribution < -0.4 is 0 Å². The van der Waals surface area contributed by atoms with E-state index in [0.717, 1.165) is 66.5 Å². The van der Waals surface area contributed by atoms with Crippen LogP contribution in [0.25, 0.3) is 128 Å². The van der Waals surface area contributed by atoms with Gasteiger partial charge in [-0.05, 0) is 111 Å². The predicted octanol–water partition coefficient (Wildman–Crippen LogP) is 17.2. The maximum absolute atomic E-state index is 6.33. The summed E-state index contributed by atoms with van der Waals surface area (Å²) in [6, 6.07) is 82.4. The monoisotopic (exact) mass is 908 g/mol. The van der Waals surface area contributed by atoms with Crippen LogP contribution in [0.1, 0.15) is 25.0 Å². The molecule has 0 bridgehead atoms. The van der Waals surface area contributed by atoms with Gasteiger partial charge in [-0.3, -0.25) is 0 Å². The van der Waals surface area contributed by atoms with Crippen molar-refractivity contribution in [2.45, 2.75) is 19.3 Å². The van der Waals surface area contributed by atoms with Gasteiger partial charge in [0.05, 0.1) is 11.0 Å². The second-order valence-corrected chi connectivity index (χ2v) is 19.2. The van der Waals surface area contributed by atoms with Gasteiger partial charge in [-0.15, -0.1) is 0 Å². The highest BCUT2D eigenvalue weighted by atomic mass is 16.3. The highest BCUT2D eigenvalue weighted by Gasteiger charge is 2.35. The molecule has 5 nitrogen and oxygen atoms in total. The molecular formula is C66H44N4O. The van der Waals surface area contributed by atoms with E-state index < -0.39 is 0 Å². The molecular weight excluding hydrogens is 865 g/mol. The third-order valence-corrected chi connectivity index (χ3v) is 14.6. The van der Waals surface area contributed by atoms with Crippen LogP contribution in [0.3, 0.4) is 0 Å². The first-order valence-electron chi connectivity index (χ1n) is 24.2. The van der Waals surface area contributed by atoms with Crippen LogP contribution in [0.4, 0.5) is 0 Å². The minimum absolute atomic E-state index is 0.112. The van der Waals surface area contributed by atoms with Crippen LogP contribution in [0.2, 0.25) is 0 Å². The van der Waals surface area contributed by atoms with E-state index in [4.69, 9.17) is 19.4 Å². The zero-order valence-electron chi connectivity index (χ0n) is 39.1. The summed E-state index contributed by atoms with van der Waals surface area (Å²) in [7, 11) is 0. The number of aromatic nitrogens is 4. The van der Waals surface area contributed by atoms with Gasteiger partial charge in [-0.1, -0.05) is 184 Å². The second-order valence-electron chi connectivity index (χ2n) is 19.2. The van der Waals surface area contributed by atoms with E-state index in [-0.39, 0.29) is 5.41 Å². The highest BCUT2D eigenvalue weighted by molar-refractivity contribution is 6.14. The lowest BCUT2D eigenvalue weighted by molar-refractivity contribution is 0.660. The van der Waals surface area contributed by atoms with Crippen molar-refractivity contribution in [1.82, 2.24) is 19.5 Å². The number of rotatable bonds is 7. The summed E-state index contributed by atoms with van der Waals surface area (Å²) < 4.78 is 8.75. The molecule has 0 unspecified atom stereocenters. The average molecular weight is 909 g/mol. The normalized spacial score (nSPS) is 12.8. The topological polar surface area (TPSA) is 56.7 Å². The third kappa shape index (κ3) is 6.65. The Hall–Kier alpha value is -9.19. The van der Waals surface area contributed by atoms with E-state index >= 15 is 0 Å². The number of nitrogens with zero attached hydrogens (tertiary/aromatic N) is 4. The van der Waals surface area contributed by atoms with E-state index in [9.17, 15) is 0 Å². The van der Waals surface area contributed by atoms with Gasteiger partial charge in [-0.2, -0.15) is 0 Å². The zero-order chi connectivity index (χ0) is 47.2. The van der Waals surface area contributed by atoms with Gasteiger partial charge in [0.1, 0.15) is 11.2 Å². The number of benzene rings is 10. The van der Waals surface area contributed by atoms with Crippen molar-refractivity contribution in [2.75, 3.05) is 0 Å². The molecule has 13 aromatic rings. The van der Waals surface area contributed by atoms with Crippen LogP contribution in [-0.2, 0) is 5.41 Å². The fraction of sp³-hybridized carbons (Fsp3) is 0.0455. The Balaban J connectivity index is 0.948. The summed E-state index contributed by atoms with van der Waals surface area (Å²) in [5, 5.41) is 4.51. The first-order valence-corrected chi connectivity index (χ1v) is 24.2. The molecule has 1 aliphatic rings. The summed E-state index contributed by atoms with van der Waals surface area (Å²) >= 11 is 0. The molecule has 0 saturated heterocycles. The summed E-state index contributed by atoms with van der Waals surface area (Å²) in [6.45, 7) is 4.71. The molecule has 0 spiro atoms. The van der Waals surface area contributed by atoms with Gasteiger partial charge in [-0.25, -0.2) is 15.0 Å². The van der Waals surface area contributed by atoms with Gasteiger partial charge in [0.2, 0.25) is 0 Å². The maximum atomic E-state index is 6.33. The molecule has 1 aliphatic carbocycles. The van der Waals surface area contributed by atoms with E-state index in [1.54, 1.807) is 0 Å². The molecule has 14 rings (SSSR count). The van der Waals surface area contributed by atoms with Gasteiger partial charge in [0, 0.05) is 54.9 Å². The molecule has 0 N–H and O–H groups in total. The van der Waals surface area contributed by atoms with Crippen LogP contribution in [0.15, 0.2) is 235 Å². The number of para-hydroxylation sites is 3. The number of hydrogen-bond acceptors (Lipinski definition) is 4. The lowest BCUT2D eigenvalue weighted by Crippen LogP contribution is -2.14. The zero-order valence-corrected chi connectivity index (χ0v) is 39.1. The van der Waals surface area contributed by atoms with Crippen molar-refractivity contribution in [3.8, 4) is 84.4 Å². The number of hydrogen-bond donors (Lipinski definition) is 0. The summed E-state index contributed by atoms with van der Waals surface area (Å²) in [6.07, 6.45) is 0. The Bertz CT molecular complexity index is 4260. The highest BCUT2D eigenvalue weighted by Crippen LogP contribution is 2.50. The molecule has 0 amide bonds. The summed E-state index contributed by atoms with van der Waals surface area (Å²) in [4.78, 5) is 15.5. The second kappa shape index (κ2) is 15.9. The molecule has 0 radical (unpaired) electrons. The van der Waals surface area contributed by atoms with Crippen LogP contribution in [0, 0.1) is 0 Å². The Labute approximate surface area is 411 Å². The van der Waals surface area contributed by atoms with E-state index in [1.165, 1.54) is 55.3 Å². The van der Waals surface area contributed by atoms with Gasteiger partial charge >= 0.3 is 0 Å². The smallest absolute Gasteiger partial charge is 0.164 e. The van der Waals surface area contributed by atoms with Gasteiger partial charge < -0.3 is 8.98 Å². The van der Waals surface area contributed by atoms with Crippen molar-refractivity contribution in [2.24, 2.45) is 0 Å². The van der Waals surface area contributed by atoms with E-state index in [0.29, 0.717) is 17.5 Å². The SMILES string of the molecule is CC1(C)c2ccccc2-c2ccc(-c3cc(-c4ccccc4)cc(-c4cccc5c6ccccc6n(-c6cccc(-c7nc(-c8ccccc8)nc(-c8ccc9c(c8)oc8ccccc89)n7)c6)c45)c3)cc21. The molecule has 0 aliphatic heterocycles. The Morgan fingerprint density at radius 3 is 1.72 bits per heavy atom. The largest absolute Gasteiger partial charge is 0.456 e. The fourth-order valence-electron chi connectivity index (χ4n) is 11.2. The summed E-state index contributed by atoms with van der Waals surface area (Å²) in [5.41, 5.74) is 19.8. The van der Waals surface area contributed by atoms with E-state index in [2.05, 4.69) is 194 Å². The molecule has 10 aromatic carbocycles. The van der Waals surface area contributed by atoms with Crippen molar-refractivity contribution in [3.63, 3.8) is 0 Å². The predicted molar refractivity (Wildman–Crippen MR) is 292 cm³/mol. The third-order valence-electron chi connectivity index (χ3n) is 14.6. The van der Waals surface area contributed by atoms with E-state index in [1.807, 2.05) is 54.6 Å². The van der Waals surface area contributed by atoms with Crippen molar-refractivity contribution < 1.29 is 4.42 Å². The van der Waals surface area contributed by atoms with Gasteiger partial charge in [0.15, 0.2) is 17.5 Å². The Morgan fingerprint density at radius 2 is 0.901 bits per heavy atom. The number of fused-ring (bicyclic) bond motifs is 9. The lowest BCUT2D eigenvalue weighted by Gasteiger charge is -2.22. The van der Waals surface area contributed by atoms with Crippen molar-refractivity contribution in [1.29, 1.82) is 0 Å². The fourth-order valence-corrected chi connectivity index (χ4v) is 11.2. The summed E-state index contributed by atoms with van der Waals surface area (Å²) in [5.74, 6) is 1.76. The first-order chi connectivity index (χ1) is 34.9. The molecule has 0 saturated carbocycles. The molecule has 0 fully saturated rings. The molecule has 3 heterocycles. The van der Waals surface area contributed by atoms with Crippen LogP contribution in [0.5, 0.6) is 0 Å². The Morgan fingerprint density at radius 1 is 0.338 bits per heavy atom. The molecule has 71 heavy (non-hydrogen) atoms. The molecule has 0 atom stereocenters. The maximum Gasteiger partial charge on any atom is 0.164 e. The molecule has 5 heteroatoms. The minimum atomic E-state index is -0.112. The molecule has 3 aromatic heterocycles. The molecule has 334 valence electrons. The van der Waals surface area contributed by atoms with Gasteiger partial charge in [0.25, 0.3) is 0 Å². The number of furan rings is 1. The Kier molecular flexibility index (Phi) is 9.17. The minimum Gasteiger partial charge on any atom is -0.456 e. The van der Waals surface area contributed by atoms with Crippen molar-refractivity contribution in [3.05, 3.63) is 242 Å². The average Bonchev–Trinajstić information content (AvgIpc) is 4.06. The first kappa shape index (κ1) is 40.8.